The maximum Gasteiger partial charge on any atom is 0.257 e. The first-order valence-corrected chi connectivity index (χ1v) is 8.23. The van der Waals surface area contributed by atoms with Crippen LogP contribution >= 0.6 is 0 Å². The molecule has 5 heteroatoms. The quantitative estimate of drug-likeness (QED) is 0.683. The summed E-state index contributed by atoms with van der Waals surface area (Å²) in [5.41, 5.74) is 1.73. The van der Waals surface area contributed by atoms with E-state index in [4.69, 9.17) is 9.47 Å². The van der Waals surface area contributed by atoms with Gasteiger partial charge >= 0.3 is 0 Å². The first kappa shape index (κ1) is 18.9. The minimum Gasteiger partial charge on any atom is -0.497 e. The van der Waals surface area contributed by atoms with E-state index < -0.39 is 5.82 Å². The highest BCUT2D eigenvalue weighted by atomic mass is 19.1. The molecule has 0 aromatic heterocycles. The largest absolute Gasteiger partial charge is 0.497 e. The molecule has 0 aliphatic carbocycles. The summed E-state index contributed by atoms with van der Waals surface area (Å²) in [6.45, 7) is 3.19. The van der Waals surface area contributed by atoms with Crippen LogP contribution in [-0.4, -0.2) is 38.2 Å². The van der Waals surface area contributed by atoms with E-state index in [1.54, 1.807) is 38.2 Å². The zero-order valence-corrected chi connectivity index (χ0v) is 14.9. The molecule has 2 aromatic carbocycles. The van der Waals surface area contributed by atoms with Crippen molar-refractivity contribution in [2.45, 2.75) is 19.9 Å². The highest BCUT2D eigenvalue weighted by molar-refractivity contribution is 5.95. The Balaban J connectivity index is 2.23. The maximum atomic E-state index is 14.2. The van der Waals surface area contributed by atoms with E-state index in [0.717, 1.165) is 11.3 Å². The lowest BCUT2D eigenvalue weighted by molar-refractivity contribution is 0.0718. The zero-order chi connectivity index (χ0) is 18.2. The standard InChI is InChI=1S/C20H24FNO3/c1-15-6-4-7-18(21)19(15)20(23)22(12-5-13-24-2)14-16-8-10-17(25-3)11-9-16/h4,6-11H,5,12-14H2,1-3H3. The van der Waals surface area contributed by atoms with E-state index in [0.29, 0.717) is 31.7 Å². The van der Waals surface area contributed by atoms with Crippen LogP contribution in [0.4, 0.5) is 4.39 Å². The predicted octanol–water partition coefficient (Wildman–Crippen LogP) is 3.82. The number of aryl methyl sites for hydroxylation is 1. The van der Waals surface area contributed by atoms with Crippen LogP contribution in [0, 0.1) is 12.7 Å². The third-order valence-electron chi connectivity index (χ3n) is 4.03. The Bertz CT molecular complexity index is 680. The van der Waals surface area contributed by atoms with Gasteiger partial charge < -0.3 is 14.4 Å². The molecule has 0 aliphatic rings. The van der Waals surface area contributed by atoms with Crippen LogP contribution in [0.25, 0.3) is 0 Å². The smallest absolute Gasteiger partial charge is 0.257 e. The lowest BCUT2D eigenvalue weighted by atomic mass is 10.1. The van der Waals surface area contributed by atoms with E-state index in [-0.39, 0.29) is 11.5 Å². The van der Waals surface area contributed by atoms with Crippen LogP contribution in [0.15, 0.2) is 42.5 Å². The van der Waals surface area contributed by atoms with Gasteiger partial charge in [-0.25, -0.2) is 4.39 Å². The Morgan fingerprint density at radius 2 is 1.84 bits per heavy atom. The molecule has 25 heavy (non-hydrogen) atoms. The Morgan fingerprint density at radius 1 is 1.12 bits per heavy atom. The van der Waals surface area contributed by atoms with E-state index in [1.807, 2.05) is 24.3 Å². The first-order chi connectivity index (χ1) is 12.1. The van der Waals surface area contributed by atoms with Crippen molar-refractivity contribution < 1.29 is 18.7 Å². The molecule has 0 saturated carbocycles. The molecule has 0 atom stereocenters. The van der Waals surface area contributed by atoms with Crippen molar-refractivity contribution in [2.24, 2.45) is 0 Å². The fourth-order valence-electron chi connectivity index (χ4n) is 2.66. The molecular weight excluding hydrogens is 321 g/mol. The van der Waals surface area contributed by atoms with Crippen molar-refractivity contribution >= 4 is 5.91 Å². The van der Waals surface area contributed by atoms with Crippen LogP contribution in [0.3, 0.4) is 0 Å². The number of rotatable bonds is 8. The van der Waals surface area contributed by atoms with E-state index in [9.17, 15) is 9.18 Å². The molecule has 0 radical (unpaired) electrons. The van der Waals surface area contributed by atoms with Gasteiger partial charge in [-0.15, -0.1) is 0 Å². The molecule has 0 heterocycles. The molecular formula is C20H24FNO3. The summed E-state index contributed by atoms with van der Waals surface area (Å²) in [7, 11) is 3.23. The second-order valence-electron chi connectivity index (χ2n) is 5.85. The average Bonchev–Trinajstić information content (AvgIpc) is 2.61. The molecule has 2 aromatic rings. The lowest BCUT2D eigenvalue weighted by Crippen LogP contribution is -2.33. The lowest BCUT2D eigenvalue weighted by Gasteiger charge is -2.24. The van der Waals surface area contributed by atoms with Crippen LogP contribution in [0.2, 0.25) is 0 Å². The summed E-state index contributed by atoms with van der Waals surface area (Å²) >= 11 is 0. The number of methoxy groups -OCH3 is 2. The van der Waals surface area contributed by atoms with Gasteiger partial charge in [0.1, 0.15) is 11.6 Å². The summed E-state index contributed by atoms with van der Waals surface area (Å²) in [6.07, 6.45) is 0.686. The van der Waals surface area contributed by atoms with Crippen LogP contribution in [0.1, 0.15) is 27.9 Å². The molecule has 1 amide bonds. The van der Waals surface area contributed by atoms with Crippen molar-refractivity contribution in [1.82, 2.24) is 4.90 Å². The van der Waals surface area contributed by atoms with Crippen molar-refractivity contribution in [3.8, 4) is 5.75 Å². The minimum absolute atomic E-state index is 0.133. The Hall–Kier alpha value is -2.40. The number of hydrogen-bond donors (Lipinski definition) is 0. The monoisotopic (exact) mass is 345 g/mol. The highest BCUT2D eigenvalue weighted by Gasteiger charge is 2.21. The van der Waals surface area contributed by atoms with Gasteiger partial charge in [0, 0.05) is 26.8 Å². The summed E-state index contributed by atoms with van der Waals surface area (Å²) in [5, 5.41) is 0. The zero-order valence-electron chi connectivity index (χ0n) is 14.9. The van der Waals surface area contributed by atoms with Gasteiger partial charge in [0.05, 0.1) is 12.7 Å². The Morgan fingerprint density at radius 3 is 2.44 bits per heavy atom. The molecule has 0 unspecified atom stereocenters. The third kappa shape index (κ3) is 5.03. The van der Waals surface area contributed by atoms with Gasteiger partial charge in [-0.2, -0.15) is 0 Å². The van der Waals surface area contributed by atoms with Gasteiger partial charge in [0.25, 0.3) is 5.91 Å². The molecule has 0 fully saturated rings. The fourth-order valence-corrected chi connectivity index (χ4v) is 2.66. The Kier molecular flexibility index (Phi) is 6.95. The van der Waals surface area contributed by atoms with Gasteiger partial charge in [0.2, 0.25) is 0 Å². The van der Waals surface area contributed by atoms with Gasteiger partial charge in [-0.05, 0) is 42.7 Å². The molecule has 134 valence electrons. The second-order valence-corrected chi connectivity index (χ2v) is 5.85. The number of hydrogen-bond acceptors (Lipinski definition) is 3. The van der Waals surface area contributed by atoms with Gasteiger partial charge in [0.15, 0.2) is 0 Å². The van der Waals surface area contributed by atoms with Crippen molar-refractivity contribution in [3.05, 3.63) is 65.0 Å². The number of carbonyl (C=O) groups excluding carboxylic acids is 1. The summed E-state index contributed by atoms with van der Waals surface area (Å²) in [4.78, 5) is 14.6. The topological polar surface area (TPSA) is 38.8 Å². The van der Waals surface area contributed by atoms with Crippen molar-refractivity contribution in [1.29, 1.82) is 0 Å². The fraction of sp³-hybridized carbons (Fsp3) is 0.350. The maximum absolute atomic E-state index is 14.2. The van der Waals surface area contributed by atoms with Crippen LogP contribution in [0.5, 0.6) is 5.75 Å². The summed E-state index contributed by atoms with van der Waals surface area (Å²) < 4.78 is 24.4. The molecule has 0 bridgehead atoms. The summed E-state index contributed by atoms with van der Waals surface area (Å²) in [6, 6.07) is 12.2. The molecule has 4 nitrogen and oxygen atoms in total. The molecule has 0 spiro atoms. The number of benzene rings is 2. The Labute approximate surface area is 148 Å². The third-order valence-corrected chi connectivity index (χ3v) is 4.03. The van der Waals surface area contributed by atoms with E-state index >= 15 is 0 Å². The average molecular weight is 345 g/mol. The van der Waals surface area contributed by atoms with Gasteiger partial charge in [-0.1, -0.05) is 24.3 Å². The summed E-state index contributed by atoms with van der Waals surface area (Å²) in [5.74, 6) is -0.0371. The van der Waals surface area contributed by atoms with E-state index in [2.05, 4.69) is 0 Å². The molecule has 0 saturated heterocycles. The number of amides is 1. The van der Waals surface area contributed by atoms with Crippen molar-refractivity contribution in [3.63, 3.8) is 0 Å². The number of ether oxygens (including phenoxy) is 2. The second kappa shape index (κ2) is 9.18. The number of carbonyl (C=O) groups is 1. The van der Waals surface area contributed by atoms with Crippen molar-refractivity contribution in [2.75, 3.05) is 27.4 Å². The number of halogens is 1. The first-order valence-electron chi connectivity index (χ1n) is 8.23. The van der Waals surface area contributed by atoms with Crippen LogP contribution < -0.4 is 4.74 Å². The molecule has 0 aliphatic heterocycles. The highest BCUT2D eigenvalue weighted by Crippen LogP contribution is 2.19. The minimum atomic E-state index is -0.489. The van der Waals surface area contributed by atoms with Gasteiger partial charge in [-0.3, -0.25) is 4.79 Å². The van der Waals surface area contributed by atoms with Crippen LogP contribution in [-0.2, 0) is 11.3 Å². The normalized spacial score (nSPS) is 10.6. The predicted molar refractivity (Wildman–Crippen MR) is 95.4 cm³/mol. The number of nitrogens with zero attached hydrogens (tertiary/aromatic N) is 1. The SMILES string of the molecule is COCCCN(Cc1ccc(OC)cc1)C(=O)c1c(C)cccc1F. The molecule has 2 rings (SSSR count). The van der Waals surface area contributed by atoms with E-state index in [1.165, 1.54) is 6.07 Å². The molecule has 0 N–H and O–H groups in total.